The average molecular weight is 326 g/mol. The summed E-state index contributed by atoms with van der Waals surface area (Å²) >= 11 is 1.41. The molecule has 1 rings (SSSR count). The van der Waals surface area contributed by atoms with Gasteiger partial charge in [0.05, 0.1) is 5.75 Å². The number of amides is 2. The van der Waals surface area contributed by atoms with Crippen LogP contribution in [0.2, 0.25) is 0 Å². The van der Waals surface area contributed by atoms with E-state index in [-0.39, 0.29) is 17.4 Å². The maximum Gasteiger partial charge on any atom is 0.407 e. The Labute approximate surface area is 134 Å². The highest BCUT2D eigenvalue weighted by molar-refractivity contribution is 7.99. The number of carbonyl (C=O) groups is 2. The number of phenols is 1. The third kappa shape index (κ3) is 8.41. The van der Waals surface area contributed by atoms with Gasteiger partial charge in [0, 0.05) is 18.0 Å². The molecule has 6 nitrogen and oxygen atoms in total. The molecule has 0 heterocycles. The molecule has 0 aliphatic rings. The molecule has 0 unspecified atom stereocenters. The van der Waals surface area contributed by atoms with Crippen molar-refractivity contribution < 1.29 is 19.4 Å². The molecule has 0 saturated heterocycles. The van der Waals surface area contributed by atoms with Gasteiger partial charge in [-0.1, -0.05) is 0 Å². The van der Waals surface area contributed by atoms with Crippen molar-refractivity contribution in [3.8, 4) is 5.75 Å². The summed E-state index contributed by atoms with van der Waals surface area (Å²) in [5, 5.41) is 14.5. The van der Waals surface area contributed by atoms with Crippen molar-refractivity contribution in [2.75, 3.05) is 23.4 Å². The van der Waals surface area contributed by atoms with Crippen molar-refractivity contribution in [2.24, 2.45) is 0 Å². The summed E-state index contributed by atoms with van der Waals surface area (Å²) in [6.07, 6.45) is -0.457. The van der Waals surface area contributed by atoms with Gasteiger partial charge >= 0.3 is 6.09 Å². The fourth-order valence-electron chi connectivity index (χ4n) is 1.45. The molecule has 122 valence electrons. The lowest BCUT2D eigenvalue weighted by Crippen LogP contribution is -2.33. The zero-order valence-electron chi connectivity index (χ0n) is 13.0. The van der Waals surface area contributed by atoms with Crippen LogP contribution in [0.25, 0.3) is 0 Å². The number of nitrogens with one attached hydrogen (secondary N) is 2. The van der Waals surface area contributed by atoms with Gasteiger partial charge in [-0.2, -0.15) is 11.8 Å². The molecule has 3 N–H and O–H groups in total. The van der Waals surface area contributed by atoms with Crippen molar-refractivity contribution in [2.45, 2.75) is 26.4 Å². The van der Waals surface area contributed by atoms with Gasteiger partial charge in [-0.3, -0.25) is 4.79 Å². The van der Waals surface area contributed by atoms with E-state index in [2.05, 4.69) is 10.6 Å². The van der Waals surface area contributed by atoms with E-state index in [1.54, 1.807) is 32.9 Å². The topological polar surface area (TPSA) is 87.7 Å². The molecule has 22 heavy (non-hydrogen) atoms. The molecule has 0 saturated carbocycles. The summed E-state index contributed by atoms with van der Waals surface area (Å²) in [7, 11) is 0. The minimum atomic E-state index is -0.513. The molecule has 0 atom stereocenters. The van der Waals surface area contributed by atoms with Crippen LogP contribution in [-0.2, 0) is 9.53 Å². The number of alkyl carbamates (subject to hydrolysis) is 1. The van der Waals surface area contributed by atoms with Gasteiger partial charge in [-0.05, 0) is 45.0 Å². The molecular weight excluding hydrogens is 304 g/mol. The fraction of sp³-hybridized carbons (Fsp3) is 0.467. The third-order valence-electron chi connectivity index (χ3n) is 2.30. The van der Waals surface area contributed by atoms with E-state index in [1.165, 1.54) is 23.9 Å². The Kier molecular flexibility index (Phi) is 7.04. The lowest BCUT2D eigenvalue weighted by atomic mass is 10.2. The molecule has 1 aromatic carbocycles. The van der Waals surface area contributed by atoms with Crippen LogP contribution in [0.5, 0.6) is 5.75 Å². The number of aromatic hydroxyl groups is 1. The van der Waals surface area contributed by atoms with Crippen LogP contribution in [0.3, 0.4) is 0 Å². The molecule has 0 aromatic heterocycles. The van der Waals surface area contributed by atoms with E-state index >= 15 is 0 Å². The first-order valence-electron chi connectivity index (χ1n) is 6.90. The second-order valence-electron chi connectivity index (χ2n) is 5.58. The SMILES string of the molecule is CC(C)(C)OC(=O)NCCSCC(=O)Nc1ccc(O)cc1. The second-order valence-corrected chi connectivity index (χ2v) is 6.68. The van der Waals surface area contributed by atoms with Gasteiger partial charge < -0.3 is 20.5 Å². The first-order valence-corrected chi connectivity index (χ1v) is 8.05. The van der Waals surface area contributed by atoms with Crippen LogP contribution in [-0.4, -0.2) is 40.8 Å². The molecule has 1 aromatic rings. The largest absolute Gasteiger partial charge is 0.508 e. The standard InChI is InChI=1S/C15H22N2O4S/c1-15(2,3)21-14(20)16-8-9-22-10-13(19)17-11-4-6-12(18)7-5-11/h4-7,18H,8-10H2,1-3H3,(H,16,20)(H,17,19). The fourth-order valence-corrected chi connectivity index (χ4v) is 2.09. The summed E-state index contributed by atoms with van der Waals surface area (Å²) in [6.45, 7) is 5.84. The first-order chi connectivity index (χ1) is 10.3. The van der Waals surface area contributed by atoms with Crippen molar-refractivity contribution in [1.29, 1.82) is 0 Å². The number of anilines is 1. The Bertz CT molecular complexity index is 497. The summed E-state index contributed by atoms with van der Waals surface area (Å²) < 4.78 is 5.10. The number of hydrogen-bond donors (Lipinski definition) is 3. The van der Waals surface area contributed by atoms with Gasteiger partial charge in [0.1, 0.15) is 11.4 Å². The van der Waals surface area contributed by atoms with E-state index in [9.17, 15) is 9.59 Å². The van der Waals surface area contributed by atoms with Crippen molar-refractivity contribution >= 4 is 29.4 Å². The maximum atomic E-state index is 11.7. The molecule has 0 fully saturated rings. The summed E-state index contributed by atoms with van der Waals surface area (Å²) in [5.74, 6) is 0.924. The van der Waals surface area contributed by atoms with Gasteiger partial charge in [-0.15, -0.1) is 0 Å². The van der Waals surface area contributed by atoms with Crippen molar-refractivity contribution in [3.63, 3.8) is 0 Å². The van der Waals surface area contributed by atoms with Crippen LogP contribution in [0.15, 0.2) is 24.3 Å². The monoisotopic (exact) mass is 326 g/mol. The van der Waals surface area contributed by atoms with Gasteiger partial charge in [-0.25, -0.2) is 4.79 Å². The number of carbonyl (C=O) groups excluding carboxylic acids is 2. The number of ether oxygens (including phenoxy) is 1. The van der Waals surface area contributed by atoms with E-state index in [4.69, 9.17) is 9.84 Å². The maximum absolute atomic E-state index is 11.7. The van der Waals surface area contributed by atoms with Crippen LogP contribution in [0.4, 0.5) is 10.5 Å². The first kappa shape index (κ1) is 18.2. The number of rotatable bonds is 6. The average Bonchev–Trinajstić information content (AvgIpc) is 2.39. The Hall–Kier alpha value is -1.89. The zero-order chi connectivity index (χ0) is 16.6. The normalized spacial score (nSPS) is 10.9. The van der Waals surface area contributed by atoms with Gasteiger partial charge in [0.15, 0.2) is 0 Å². The minimum Gasteiger partial charge on any atom is -0.508 e. The van der Waals surface area contributed by atoms with Crippen LogP contribution in [0, 0.1) is 0 Å². The lowest BCUT2D eigenvalue weighted by molar-refractivity contribution is -0.113. The highest BCUT2D eigenvalue weighted by Crippen LogP contribution is 2.14. The Morgan fingerprint density at radius 3 is 2.45 bits per heavy atom. The van der Waals surface area contributed by atoms with Gasteiger partial charge in [0.2, 0.25) is 5.91 Å². The number of phenolic OH excluding ortho intramolecular Hbond substituents is 1. The number of hydrogen-bond acceptors (Lipinski definition) is 5. The molecular formula is C15H22N2O4S. The molecule has 0 bridgehead atoms. The molecule has 7 heteroatoms. The quantitative estimate of drug-likeness (QED) is 0.552. The van der Waals surface area contributed by atoms with E-state index in [0.29, 0.717) is 18.0 Å². The molecule has 0 aliphatic carbocycles. The summed E-state index contributed by atoms with van der Waals surface area (Å²) in [4.78, 5) is 23.1. The highest BCUT2D eigenvalue weighted by Gasteiger charge is 2.15. The summed E-state index contributed by atoms with van der Waals surface area (Å²) in [6, 6.07) is 6.27. The van der Waals surface area contributed by atoms with E-state index < -0.39 is 11.7 Å². The Balaban J connectivity index is 2.13. The smallest absolute Gasteiger partial charge is 0.407 e. The van der Waals surface area contributed by atoms with E-state index in [1.807, 2.05) is 0 Å². The highest BCUT2D eigenvalue weighted by atomic mass is 32.2. The number of benzene rings is 1. The Morgan fingerprint density at radius 1 is 1.23 bits per heavy atom. The molecule has 2 amide bonds. The third-order valence-corrected chi connectivity index (χ3v) is 3.26. The predicted octanol–water partition coefficient (Wildman–Crippen LogP) is 2.59. The molecule has 0 radical (unpaired) electrons. The summed E-state index contributed by atoms with van der Waals surface area (Å²) in [5.41, 5.74) is 0.122. The van der Waals surface area contributed by atoms with Crippen molar-refractivity contribution in [1.82, 2.24) is 5.32 Å². The van der Waals surface area contributed by atoms with E-state index in [0.717, 1.165) is 0 Å². The van der Waals surface area contributed by atoms with Crippen molar-refractivity contribution in [3.05, 3.63) is 24.3 Å². The van der Waals surface area contributed by atoms with Gasteiger partial charge in [0.25, 0.3) is 0 Å². The zero-order valence-corrected chi connectivity index (χ0v) is 13.8. The number of thioether (sulfide) groups is 1. The lowest BCUT2D eigenvalue weighted by Gasteiger charge is -2.19. The molecule has 0 aliphatic heterocycles. The Morgan fingerprint density at radius 2 is 1.86 bits per heavy atom. The van der Waals surface area contributed by atoms with Crippen LogP contribution in [0.1, 0.15) is 20.8 Å². The molecule has 0 spiro atoms. The second kappa shape index (κ2) is 8.53. The predicted molar refractivity (Wildman–Crippen MR) is 88.3 cm³/mol. The minimum absolute atomic E-state index is 0.132. The van der Waals surface area contributed by atoms with Crippen LogP contribution >= 0.6 is 11.8 Å². The van der Waals surface area contributed by atoms with Crippen LogP contribution < -0.4 is 10.6 Å².